The van der Waals surface area contributed by atoms with E-state index in [1.165, 1.54) is 6.07 Å². The summed E-state index contributed by atoms with van der Waals surface area (Å²) in [5.74, 6) is -0.0409. The molecule has 0 fully saturated rings. The third-order valence-corrected chi connectivity index (χ3v) is 3.57. The lowest BCUT2D eigenvalue weighted by Gasteiger charge is -2.13. The van der Waals surface area contributed by atoms with Crippen LogP contribution in [0.25, 0.3) is 0 Å². The maximum absolute atomic E-state index is 11.5. The average molecular weight is 280 g/mol. The summed E-state index contributed by atoms with van der Waals surface area (Å²) < 4.78 is 23.0. The second kappa shape index (κ2) is 5.71. The molecule has 0 atom stereocenters. The van der Waals surface area contributed by atoms with Gasteiger partial charge in [0.2, 0.25) is 0 Å². The molecule has 4 nitrogen and oxygen atoms in total. The second-order valence-electron chi connectivity index (χ2n) is 4.16. The summed E-state index contributed by atoms with van der Waals surface area (Å²) in [4.78, 5) is -0.0425. The Labute approximate surface area is 108 Å². The molecule has 0 aromatic heterocycles. The molecule has 1 aromatic carbocycles. The fourth-order valence-corrected chi connectivity index (χ4v) is 2.29. The second-order valence-corrected chi connectivity index (χ2v) is 6.14. The Bertz CT molecular complexity index is 498. The molecule has 0 amide bonds. The molecule has 0 heterocycles. The molecule has 1 aromatic rings. The molecule has 0 unspecified atom stereocenters. The van der Waals surface area contributed by atoms with Crippen LogP contribution in [0.2, 0.25) is 0 Å². The summed E-state index contributed by atoms with van der Waals surface area (Å²) in [5.41, 5.74) is 6.80. The molecule has 6 heteroatoms. The van der Waals surface area contributed by atoms with Crippen molar-refractivity contribution in [2.24, 2.45) is 5.73 Å². The van der Waals surface area contributed by atoms with Crippen molar-refractivity contribution in [1.29, 1.82) is 0 Å². The summed E-state index contributed by atoms with van der Waals surface area (Å²) in [6.07, 6.45) is 1.08. The van der Waals surface area contributed by atoms with Crippen molar-refractivity contribution in [3.05, 3.63) is 23.3 Å². The highest BCUT2D eigenvalue weighted by Crippen LogP contribution is 2.31. The smallest absolute Gasteiger partial charge is 0.179 e. The molecule has 0 saturated carbocycles. The van der Waals surface area contributed by atoms with Gasteiger partial charge in [0.15, 0.2) is 9.84 Å². The van der Waals surface area contributed by atoms with Crippen molar-refractivity contribution in [2.75, 3.05) is 6.26 Å². The van der Waals surface area contributed by atoms with E-state index < -0.39 is 9.84 Å². The molecule has 0 radical (unpaired) electrons. The number of hydrogen-bond acceptors (Lipinski definition) is 4. The monoisotopic (exact) mass is 279 g/mol. The summed E-state index contributed by atoms with van der Waals surface area (Å²) >= 11 is 0. The molecule has 17 heavy (non-hydrogen) atoms. The van der Waals surface area contributed by atoms with E-state index in [-0.39, 0.29) is 35.5 Å². The summed E-state index contributed by atoms with van der Waals surface area (Å²) in [5, 5.41) is 9.77. The Morgan fingerprint density at radius 3 is 2.24 bits per heavy atom. The molecular weight excluding hydrogens is 262 g/mol. The molecule has 0 bridgehead atoms. The first kappa shape index (κ1) is 16.2. The van der Waals surface area contributed by atoms with E-state index in [0.717, 1.165) is 11.8 Å². The minimum Gasteiger partial charge on any atom is -0.506 e. The first-order valence-electron chi connectivity index (χ1n) is 5.03. The Morgan fingerprint density at radius 2 is 1.88 bits per heavy atom. The average Bonchev–Trinajstić information content (AvgIpc) is 2.15. The predicted molar refractivity (Wildman–Crippen MR) is 70.4 cm³/mol. The number of benzene rings is 1. The zero-order valence-corrected chi connectivity index (χ0v) is 11.7. The van der Waals surface area contributed by atoms with Crippen LogP contribution in [0.4, 0.5) is 0 Å². The lowest BCUT2D eigenvalue weighted by atomic mass is 10.0. The lowest BCUT2D eigenvalue weighted by Crippen LogP contribution is -2.05. The Hall–Kier alpha value is -0.780. The van der Waals surface area contributed by atoms with Crippen LogP contribution >= 0.6 is 12.4 Å². The predicted octanol–water partition coefficient (Wildman–Crippen LogP) is 1.80. The van der Waals surface area contributed by atoms with Crippen molar-refractivity contribution in [3.8, 4) is 5.75 Å². The standard InChI is InChI=1S/C11H17NO3S.ClH/c1-7(2)8-4-9(6-12)11(13)10(5-8)16(3,14)15;/h4-5,7,13H,6,12H2,1-3H3;1H. The number of rotatable bonds is 3. The number of phenols is 1. The maximum Gasteiger partial charge on any atom is 0.179 e. The van der Waals surface area contributed by atoms with Crippen LogP contribution in [0.15, 0.2) is 17.0 Å². The Morgan fingerprint density at radius 1 is 1.35 bits per heavy atom. The number of aromatic hydroxyl groups is 1. The molecule has 1 rings (SSSR count). The molecule has 3 N–H and O–H groups in total. The number of phenolic OH excluding ortho intramolecular Hbond substituents is 1. The highest BCUT2D eigenvalue weighted by Gasteiger charge is 2.18. The van der Waals surface area contributed by atoms with Gasteiger partial charge in [-0.1, -0.05) is 19.9 Å². The van der Waals surface area contributed by atoms with E-state index in [1.807, 2.05) is 13.8 Å². The molecule has 0 aliphatic carbocycles. The fraction of sp³-hybridized carbons (Fsp3) is 0.455. The van der Waals surface area contributed by atoms with Crippen molar-refractivity contribution < 1.29 is 13.5 Å². The van der Waals surface area contributed by atoms with Crippen LogP contribution in [0.3, 0.4) is 0 Å². The quantitative estimate of drug-likeness (QED) is 0.884. The topological polar surface area (TPSA) is 80.4 Å². The summed E-state index contributed by atoms with van der Waals surface area (Å²) in [6.45, 7) is 4.03. The third kappa shape index (κ3) is 3.59. The van der Waals surface area contributed by atoms with Gasteiger partial charge in [0, 0.05) is 18.4 Å². The van der Waals surface area contributed by atoms with Crippen LogP contribution in [-0.4, -0.2) is 19.8 Å². The van der Waals surface area contributed by atoms with Crippen molar-refractivity contribution in [1.82, 2.24) is 0 Å². The minimum absolute atomic E-state index is 0. The van der Waals surface area contributed by atoms with Crippen LogP contribution in [0.5, 0.6) is 5.75 Å². The highest BCUT2D eigenvalue weighted by atomic mass is 35.5. The molecule has 98 valence electrons. The largest absolute Gasteiger partial charge is 0.506 e. The fourth-order valence-electron chi connectivity index (χ4n) is 1.46. The first-order chi connectivity index (χ1) is 7.27. The summed E-state index contributed by atoms with van der Waals surface area (Å²) in [7, 11) is -3.43. The Kier molecular flexibility index (Phi) is 5.45. The van der Waals surface area contributed by atoms with Gasteiger partial charge in [-0.05, 0) is 17.5 Å². The van der Waals surface area contributed by atoms with Gasteiger partial charge in [-0.2, -0.15) is 0 Å². The minimum atomic E-state index is -3.43. The first-order valence-corrected chi connectivity index (χ1v) is 6.92. The van der Waals surface area contributed by atoms with Crippen LogP contribution in [0.1, 0.15) is 30.9 Å². The van der Waals surface area contributed by atoms with E-state index in [4.69, 9.17) is 5.73 Å². The highest BCUT2D eigenvalue weighted by molar-refractivity contribution is 7.90. The molecular formula is C11H18ClNO3S. The van der Waals surface area contributed by atoms with Gasteiger partial charge in [0.1, 0.15) is 10.6 Å². The van der Waals surface area contributed by atoms with Gasteiger partial charge >= 0.3 is 0 Å². The van der Waals surface area contributed by atoms with E-state index in [1.54, 1.807) is 6.07 Å². The van der Waals surface area contributed by atoms with Gasteiger partial charge < -0.3 is 10.8 Å². The summed E-state index contributed by atoms with van der Waals surface area (Å²) in [6, 6.07) is 3.25. The zero-order valence-electron chi connectivity index (χ0n) is 10.1. The van der Waals surface area contributed by atoms with Gasteiger partial charge in [-0.3, -0.25) is 0 Å². The van der Waals surface area contributed by atoms with E-state index in [2.05, 4.69) is 0 Å². The van der Waals surface area contributed by atoms with Gasteiger partial charge in [-0.25, -0.2) is 8.42 Å². The van der Waals surface area contributed by atoms with Gasteiger partial charge in [-0.15, -0.1) is 12.4 Å². The normalized spacial score (nSPS) is 11.4. The number of sulfone groups is 1. The number of halogens is 1. The molecule has 0 aliphatic rings. The molecule has 0 spiro atoms. The van der Waals surface area contributed by atoms with Gasteiger partial charge in [0.05, 0.1) is 0 Å². The number of hydrogen-bond donors (Lipinski definition) is 2. The van der Waals surface area contributed by atoms with E-state index >= 15 is 0 Å². The zero-order chi connectivity index (χ0) is 12.5. The van der Waals surface area contributed by atoms with Crippen LogP contribution in [-0.2, 0) is 16.4 Å². The molecule has 0 aliphatic heterocycles. The van der Waals surface area contributed by atoms with Crippen LogP contribution in [0, 0.1) is 0 Å². The molecule has 0 saturated heterocycles. The van der Waals surface area contributed by atoms with Crippen molar-refractivity contribution in [2.45, 2.75) is 31.2 Å². The lowest BCUT2D eigenvalue weighted by molar-refractivity contribution is 0.451. The van der Waals surface area contributed by atoms with Gasteiger partial charge in [0.25, 0.3) is 0 Å². The maximum atomic E-state index is 11.5. The SMILES string of the molecule is CC(C)c1cc(CN)c(O)c(S(C)(=O)=O)c1.Cl. The van der Waals surface area contributed by atoms with Crippen molar-refractivity contribution >= 4 is 22.2 Å². The van der Waals surface area contributed by atoms with Crippen LogP contribution < -0.4 is 5.73 Å². The van der Waals surface area contributed by atoms with E-state index in [0.29, 0.717) is 5.56 Å². The van der Waals surface area contributed by atoms with Crippen molar-refractivity contribution in [3.63, 3.8) is 0 Å². The van der Waals surface area contributed by atoms with E-state index in [9.17, 15) is 13.5 Å². The third-order valence-electron chi connectivity index (χ3n) is 2.46. The Balaban J connectivity index is 0.00000256. The number of nitrogens with two attached hydrogens (primary N) is 1.